The van der Waals surface area contributed by atoms with Crippen LogP contribution < -0.4 is 0 Å². The Kier molecular flexibility index (Phi) is 5.22. The molecule has 2 rings (SSSR count). The molecule has 116 valence electrons. The summed E-state index contributed by atoms with van der Waals surface area (Å²) < 4.78 is 5.95. The maximum Gasteiger partial charge on any atom is 0.410 e. The van der Waals surface area contributed by atoms with Crippen LogP contribution in [-0.4, -0.2) is 44.8 Å². The number of piperidine rings is 1. The van der Waals surface area contributed by atoms with Gasteiger partial charge in [0.15, 0.2) is 0 Å². The van der Waals surface area contributed by atoms with E-state index >= 15 is 0 Å². The topological polar surface area (TPSA) is 29.5 Å². The first-order valence-electron chi connectivity index (χ1n) is 7.63. The molecule has 0 saturated carbocycles. The second-order valence-electron chi connectivity index (χ2n) is 6.68. The van der Waals surface area contributed by atoms with Crippen LogP contribution in [0, 0.1) is 0 Å². The SMILES string of the molecule is CCC[C@H]1CC2(CCN1C(=O)OC(C)(C)C)SCCS2. The third-order valence-electron chi connectivity index (χ3n) is 3.78. The maximum absolute atomic E-state index is 12.4. The van der Waals surface area contributed by atoms with Gasteiger partial charge in [-0.15, -0.1) is 23.5 Å². The highest BCUT2D eigenvalue weighted by Gasteiger charge is 2.44. The number of thioether (sulfide) groups is 2. The lowest BCUT2D eigenvalue weighted by atomic mass is 9.97. The molecule has 2 heterocycles. The predicted octanol–water partition coefficient (Wildman–Crippen LogP) is 4.36. The molecule has 0 aromatic carbocycles. The van der Waals surface area contributed by atoms with Gasteiger partial charge in [0.05, 0.1) is 4.08 Å². The maximum atomic E-state index is 12.4. The van der Waals surface area contributed by atoms with Crippen LogP contribution in [0.5, 0.6) is 0 Å². The minimum absolute atomic E-state index is 0.126. The van der Waals surface area contributed by atoms with Gasteiger partial charge >= 0.3 is 6.09 Å². The third kappa shape index (κ3) is 4.00. The molecule has 1 amide bonds. The molecular weight excluding hydrogens is 290 g/mol. The summed E-state index contributed by atoms with van der Waals surface area (Å²) in [6.45, 7) is 8.86. The summed E-state index contributed by atoms with van der Waals surface area (Å²) in [5.74, 6) is 2.52. The fourth-order valence-electron chi connectivity index (χ4n) is 2.96. The van der Waals surface area contributed by atoms with Crippen molar-refractivity contribution in [2.75, 3.05) is 18.1 Å². The molecule has 5 heteroatoms. The van der Waals surface area contributed by atoms with Crippen LogP contribution in [-0.2, 0) is 4.74 Å². The molecule has 1 spiro atoms. The number of rotatable bonds is 2. The van der Waals surface area contributed by atoms with Gasteiger partial charge in [0.2, 0.25) is 0 Å². The number of nitrogens with zero attached hydrogens (tertiary/aromatic N) is 1. The van der Waals surface area contributed by atoms with E-state index in [1.807, 2.05) is 25.7 Å². The average molecular weight is 318 g/mol. The van der Waals surface area contributed by atoms with Crippen LogP contribution in [0.15, 0.2) is 0 Å². The largest absolute Gasteiger partial charge is 0.444 e. The predicted molar refractivity (Wildman–Crippen MR) is 88.5 cm³/mol. The highest BCUT2D eigenvalue weighted by Crippen LogP contribution is 2.52. The zero-order valence-electron chi connectivity index (χ0n) is 13.1. The number of likely N-dealkylation sites (tertiary alicyclic amines) is 1. The monoisotopic (exact) mass is 317 g/mol. The van der Waals surface area contributed by atoms with E-state index in [4.69, 9.17) is 4.74 Å². The Morgan fingerprint density at radius 3 is 2.55 bits per heavy atom. The summed E-state index contributed by atoms with van der Waals surface area (Å²) in [7, 11) is 0. The van der Waals surface area contributed by atoms with E-state index in [-0.39, 0.29) is 6.09 Å². The van der Waals surface area contributed by atoms with Crippen LogP contribution >= 0.6 is 23.5 Å². The summed E-state index contributed by atoms with van der Waals surface area (Å²) in [5.41, 5.74) is -0.403. The van der Waals surface area contributed by atoms with Gasteiger partial charge < -0.3 is 9.64 Å². The second kappa shape index (κ2) is 6.39. The van der Waals surface area contributed by atoms with E-state index in [1.54, 1.807) is 0 Å². The summed E-state index contributed by atoms with van der Waals surface area (Å²) >= 11 is 4.21. The third-order valence-corrected chi connectivity index (χ3v) is 7.36. The molecule has 0 unspecified atom stereocenters. The fraction of sp³-hybridized carbons (Fsp3) is 0.933. The van der Waals surface area contributed by atoms with Gasteiger partial charge in [-0.05, 0) is 40.0 Å². The summed E-state index contributed by atoms with van der Waals surface area (Å²) in [5, 5.41) is 0. The van der Waals surface area contributed by atoms with Gasteiger partial charge in [0.25, 0.3) is 0 Å². The minimum atomic E-state index is -0.403. The van der Waals surface area contributed by atoms with E-state index in [1.165, 1.54) is 11.5 Å². The molecule has 2 aliphatic rings. The Morgan fingerprint density at radius 1 is 1.35 bits per heavy atom. The van der Waals surface area contributed by atoms with Gasteiger partial charge in [-0.2, -0.15) is 0 Å². The van der Waals surface area contributed by atoms with Crippen LogP contribution in [0.25, 0.3) is 0 Å². The van der Waals surface area contributed by atoms with Crippen molar-refractivity contribution in [1.82, 2.24) is 4.90 Å². The molecule has 0 aliphatic carbocycles. The summed E-state index contributed by atoms with van der Waals surface area (Å²) in [6.07, 6.45) is 4.30. The Balaban J connectivity index is 2.03. The summed E-state index contributed by atoms with van der Waals surface area (Å²) in [6, 6.07) is 0.349. The Bertz CT molecular complexity index is 348. The Hall–Kier alpha value is -0.0300. The molecule has 0 aromatic heterocycles. The Morgan fingerprint density at radius 2 is 2.00 bits per heavy atom. The van der Waals surface area contributed by atoms with Crippen LogP contribution in [0.3, 0.4) is 0 Å². The smallest absolute Gasteiger partial charge is 0.410 e. The lowest BCUT2D eigenvalue weighted by Gasteiger charge is -2.44. The molecule has 2 saturated heterocycles. The van der Waals surface area contributed by atoms with Gasteiger partial charge in [0, 0.05) is 24.1 Å². The van der Waals surface area contributed by atoms with Crippen molar-refractivity contribution in [2.24, 2.45) is 0 Å². The van der Waals surface area contributed by atoms with Crippen molar-refractivity contribution < 1.29 is 9.53 Å². The van der Waals surface area contributed by atoms with E-state index in [0.29, 0.717) is 10.1 Å². The van der Waals surface area contributed by atoms with Crippen molar-refractivity contribution in [2.45, 2.75) is 69.1 Å². The first-order chi connectivity index (χ1) is 9.35. The van der Waals surface area contributed by atoms with E-state index in [2.05, 4.69) is 30.4 Å². The quantitative estimate of drug-likeness (QED) is 0.757. The molecule has 0 radical (unpaired) electrons. The van der Waals surface area contributed by atoms with Gasteiger partial charge in [-0.25, -0.2) is 4.79 Å². The first-order valence-corrected chi connectivity index (χ1v) is 9.60. The van der Waals surface area contributed by atoms with Crippen LogP contribution in [0.2, 0.25) is 0 Å². The number of carbonyl (C=O) groups is 1. The molecule has 0 N–H and O–H groups in total. The number of amides is 1. The minimum Gasteiger partial charge on any atom is -0.444 e. The van der Waals surface area contributed by atoms with Crippen LogP contribution in [0.1, 0.15) is 53.4 Å². The molecular formula is C15H27NO2S2. The average Bonchev–Trinajstić information content (AvgIpc) is 2.75. The van der Waals surface area contributed by atoms with Gasteiger partial charge in [0.1, 0.15) is 5.60 Å². The molecule has 3 nitrogen and oxygen atoms in total. The van der Waals surface area contributed by atoms with Gasteiger partial charge in [-0.3, -0.25) is 0 Å². The summed E-state index contributed by atoms with van der Waals surface area (Å²) in [4.78, 5) is 14.4. The molecule has 2 fully saturated rings. The van der Waals surface area contributed by atoms with E-state index in [9.17, 15) is 4.79 Å². The fourth-order valence-corrected chi connectivity index (χ4v) is 6.29. The van der Waals surface area contributed by atoms with Crippen molar-refractivity contribution in [3.05, 3.63) is 0 Å². The number of carbonyl (C=O) groups excluding carboxylic acids is 1. The second-order valence-corrected chi connectivity index (χ2v) is 9.89. The lowest BCUT2D eigenvalue weighted by molar-refractivity contribution is 0.00854. The molecule has 0 bridgehead atoms. The molecule has 0 aromatic rings. The number of ether oxygens (including phenoxy) is 1. The van der Waals surface area contributed by atoms with Gasteiger partial charge in [-0.1, -0.05) is 13.3 Å². The number of hydrogen-bond acceptors (Lipinski definition) is 4. The molecule has 20 heavy (non-hydrogen) atoms. The zero-order chi connectivity index (χ0) is 14.8. The van der Waals surface area contributed by atoms with E-state index in [0.717, 1.165) is 32.2 Å². The van der Waals surface area contributed by atoms with Crippen LogP contribution in [0.4, 0.5) is 4.79 Å². The Labute approximate surface area is 131 Å². The van der Waals surface area contributed by atoms with Crippen molar-refractivity contribution in [3.63, 3.8) is 0 Å². The van der Waals surface area contributed by atoms with Crippen molar-refractivity contribution in [3.8, 4) is 0 Å². The first kappa shape index (κ1) is 16.3. The van der Waals surface area contributed by atoms with E-state index < -0.39 is 5.60 Å². The molecule has 2 aliphatic heterocycles. The van der Waals surface area contributed by atoms with Crippen molar-refractivity contribution in [1.29, 1.82) is 0 Å². The normalized spacial score (nSPS) is 26.0. The molecule has 1 atom stereocenters. The zero-order valence-corrected chi connectivity index (χ0v) is 14.7. The highest BCUT2D eigenvalue weighted by atomic mass is 32.2. The van der Waals surface area contributed by atoms with Crippen molar-refractivity contribution >= 4 is 29.6 Å². The standard InChI is InChI=1S/C15H27NO2S2/c1-5-6-12-11-15(19-9-10-20-15)7-8-16(12)13(17)18-14(2,3)4/h12H,5-11H2,1-4H3/t12-/m0/s1. The highest BCUT2D eigenvalue weighted by molar-refractivity contribution is 8.21. The lowest BCUT2D eigenvalue weighted by Crippen LogP contribution is -2.51. The number of hydrogen-bond donors (Lipinski definition) is 0.